The van der Waals surface area contributed by atoms with Crippen molar-refractivity contribution < 1.29 is 9.47 Å². The molecule has 0 aliphatic heterocycles. The van der Waals surface area contributed by atoms with Gasteiger partial charge in [-0.25, -0.2) is 0 Å². The van der Waals surface area contributed by atoms with Gasteiger partial charge in [-0.05, 0) is 144 Å². The Morgan fingerprint density at radius 2 is 1.07 bits per heavy atom. The highest BCUT2D eigenvalue weighted by Crippen LogP contribution is 2.50. The molecule has 0 N–H and O–H groups in total. The molecule has 0 amide bonds. The van der Waals surface area contributed by atoms with Crippen molar-refractivity contribution in [3.8, 4) is 33.8 Å². The molecule has 0 heterocycles. The molecule has 4 rings (SSSR count). The smallest absolute Gasteiger partial charge is 0.127 e. The third-order valence-corrected chi connectivity index (χ3v) is 8.49. The fraction of sp³-hybridized carbons (Fsp3) is 0.579. The molecule has 0 radical (unpaired) electrons. The second-order valence-corrected chi connectivity index (χ2v) is 12.0. The maximum atomic E-state index is 6.37. The molecule has 4 heteroatoms. The number of fused-ring (bicyclic) bond motifs is 3. The molecular formula is C38H56N2O2. The van der Waals surface area contributed by atoms with Crippen LogP contribution in [0.3, 0.4) is 0 Å². The number of nitrogens with zero attached hydrogens (tertiary/aromatic N) is 2. The monoisotopic (exact) mass is 572 g/mol. The van der Waals surface area contributed by atoms with Crippen LogP contribution in [0.15, 0.2) is 48.5 Å². The van der Waals surface area contributed by atoms with Crippen molar-refractivity contribution in [3.63, 3.8) is 0 Å². The highest BCUT2D eigenvalue weighted by molar-refractivity contribution is 6.16. The first-order valence-electron chi connectivity index (χ1n) is 17.1. The van der Waals surface area contributed by atoms with Gasteiger partial charge in [0, 0.05) is 10.8 Å². The van der Waals surface area contributed by atoms with E-state index in [0.717, 1.165) is 37.6 Å². The van der Waals surface area contributed by atoms with Crippen LogP contribution < -0.4 is 9.47 Å². The maximum absolute atomic E-state index is 6.37. The van der Waals surface area contributed by atoms with Crippen molar-refractivity contribution in [2.75, 3.05) is 52.5 Å². The highest BCUT2D eigenvalue weighted by Gasteiger charge is 2.23. The Morgan fingerprint density at radius 3 is 1.69 bits per heavy atom. The molecule has 0 saturated carbocycles. The van der Waals surface area contributed by atoms with Crippen LogP contribution in [0, 0.1) is 0 Å². The van der Waals surface area contributed by atoms with Crippen molar-refractivity contribution >= 4 is 10.8 Å². The number of unbranched alkanes of at least 4 members (excludes halogenated alkanes) is 4. The summed E-state index contributed by atoms with van der Waals surface area (Å²) < 4.78 is 12.6. The van der Waals surface area contributed by atoms with E-state index in [4.69, 9.17) is 9.47 Å². The molecule has 1 aliphatic carbocycles. The zero-order valence-corrected chi connectivity index (χ0v) is 27.1. The van der Waals surface area contributed by atoms with Gasteiger partial charge >= 0.3 is 0 Å². The molecule has 3 aromatic carbocycles. The maximum Gasteiger partial charge on any atom is 0.127 e. The van der Waals surface area contributed by atoms with Gasteiger partial charge in [-0.2, -0.15) is 0 Å². The Hall–Kier alpha value is -2.56. The minimum atomic E-state index is 0.778. The van der Waals surface area contributed by atoms with Gasteiger partial charge in [-0.3, -0.25) is 0 Å². The number of ether oxygens (including phenoxy) is 2. The predicted molar refractivity (Wildman–Crippen MR) is 181 cm³/mol. The van der Waals surface area contributed by atoms with E-state index < -0.39 is 0 Å². The van der Waals surface area contributed by atoms with Crippen molar-refractivity contribution in [1.82, 2.24) is 9.80 Å². The van der Waals surface area contributed by atoms with Crippen LogP contribution >= 0.6 is 0 Å². The van der Waals surface area contributed by atoms with Crippen LogP contribution in [0.2, 0.25) is 0 Å². The van der Waals surface area contributed by atoms with Crippen LogP contribution in [0.25, 0.3) is 33.0 Å². The lowest BCUT2D eigenvalue weighted by atomic mass is 10.0. The van der Waals surface area contributed by atoms with E-state index in [9.17, 15) is 0 Å². The Bertz CT molecular complexity index is 1210. The van der Waals surface area contributed by atoms with E-state index in [1.165, 1.54) is 124 Å². The molecule has 3 aromatic rings. The second-order valence-electron chi connectivity index (χ2n) is 12.0. The zero-order valence-electron chi connectivity index (χ0n) is 27.1. The molecule has 0 atom stereocenters. The van der Waals surface area contributed by atoms with E-state index in [1.54, 1.807) is 0 Å². The van der Waals surface area contributed by atoms with Crippen LogP contribution in [0.5, 0.6) is 11.5 Å². The molecule has 0 saturated heterocycles. The Balaban J connectivity index is 1.29. The summed E-state index contributed by atoms with van der Waals surface area (Å²) in [6.07, 6.45) is 12.1. The van der Waals surface area contributed by atoms with E-state index in [-0.39, 0.29) is 0 Å². The third-order valence-electron chi connectivity index (χ3n) is 8.49. The molecule has 4 nitrogen and oxygen atoms in total. The van der Waals surface area contributed by atoms with Crippen LogP contribution in [-0.4, -0.2) is 62.3 Å². The molecule has 0 spiro atoms. The number of hydrogen-bond donors (Lipinski definition) is 0. The first-order valence-corrected chi connectivity index (χ1v) is 17.1. The minimum absolute atomic E-state index is 0.778. The number of benzene rings is 3. The summed E-state index contributed by atoms with van der Waals surface area (Å²) in [5, 5.41) is 2.54. The van der Waals surface area contributed by atoms with Gasteiger partial charge in [0.2, 0.25) is 0 Å². The van der Waals surface area contributed by atoms with Crippen molar-refractivity contribution in [2.24, 2.45) is 0 Å². The fourth-order valence-electron chi connectivity index (χ4n) is 6.56. The van der Waals surface area contributed by atoms with E-state index in [2.05, 4.69) is 86.0 Å². The van der Waals surface area contributed by atoms with Gasteiger partial charge in [0.15, 0.2) is 0 Å². The highest BCUT2D eigenvalue weighted by atomic mass is 16.5. The topological polar surface area (TPSA) is 24.9 Å². The van der Waals surface area contributed by atoms with Gasteiger partial charge in [0.1, 0.15) is 11.5 Å². The quantitative estimate of drug-likeness (QED) is 0.0875. The normalized spacial score (nSPS) is 12.0. The molecule has 0 unspecified atom stereocenters. The second kappa shape index (κ2) is 17.5. The van der Waals surface area contributed by atoms with Gasteiger partial charge in [0.05, 0.1) is 13.2 Å². The summed E-state index contributed by atoms with van der Waals surface area (Å²) in [5.74, 6) is 1.99. The van der Waals surface area contributed by atoms with Crippen molar-refractivity contribution in [2.45, 2.75) is 91.9 Å². The van der Waals surface area contributed by atoms with E-state index >= 15 is 0 Å². The average Bonchev–Trinajstić information content (AvgIpc) is 3.32. The Kier molecular flexibility index (Phi) is 13.5. The molecule has 42 heavy (non-hydrogen) atoms. The van der Waals surface area contributed by atoms with Gasteiger partial charge in [-0.1, -0.05) is 58.0 Å². The Morgan fingerprint density at radius 1 is 0.500 bits per heavy atom. The van der Waals surface area contributed by atoms with Crippen LogP contribution in [0.4, 0.5) is 0 Å². The van der Waals surface area contributed by atoms with E-state index in [0.29, 0.717) is 0 Å². The standard InChI is InChI=1S/C38H56N2O2/c1-5-22-39(23-6-2)26-11-9-13-28-41-31-18-19-32-33-16-15-17-35-37(21-20-34(38(33)35)36(32)30-31)42-29-14-10-12-27-40(24-7-3)25-8-4/h15-21,30H,5-14,22-29H2,1-4H3. The molecule has 0 fully saturated rings. The molecule has 230 valence electrons. The van der Waals surface area contributed by atoms with Crippen molar-refractivity contribution in [1.29, 1.82) is 0 Å². The van der Waals surface area contributed by atoms with Gasteiger partial charge in [-0.15, -0.1) is 0 Å². The van der Waals surface area contributed by atoms with Crippen LogP contribution in [-0.2, 0) is 0 Å². The molecule has 1 aliphatic rings. The summed E-state index contributed by atoms with van der Waals surface area (Å²) in [6.45, 7) is 18.0. The Labute approximate surface area is 256 Å². The van der Waals surface area contributed by atoms with Gasteiger partial charge < -0.3 is 19.3 Å². The number of hydrogen-bond acceptors (Lipinski definition) is 4. The van der Waals surface area contributed by atoms with Gasteiger partial charge in [0.25, 0.3) is 0 Å². The molecule has 0 bridgehead atoms. The summed E-state index contributed by atoms with van der Waals surface area (Å²) in [7, 11) is 0. The van der Waals surface area contributed by atoms with Crippen molar-refractivity contribution in [3.05, 3.63) is 48.5 Å². The average molecular weight is 573 g/mol. The molecular weight excluding hydrogens is 516 g/mol. The first kappa shape index (κ1) is 32.4. The lowest BCUT2D eigenvalue weighted by molar-refractivity contribution is 0.259. The number of rotatable bonds is 22. The fourth-order valence-corrected chi connectivity index (χ4v) is 6.56. The summed E-state index contributed by atoms with van der Waals surface area (Å²) >= 11 is 0. The third kappa shape index (κ3) is 8.74. The SMILES string of the molecule is CCCN(CCC)CCCCCOc1ccc2c(c1)-c1ccc(OCCCCCN(CCC)CCC)c3cccc-2c13. The lowest BCUT2D eigenvalue weighted by Crippen LogP contribution is -2.26. The summed E-state index contributed by atoms with van der Waals surface area (Å²) in [6, 6.07) is 17.7. The summed E-state index contributed by atoms with van der Waals surface area (Å²) in [4.78, 5) is 5.21. The summed E-state index contributed by atoms with van der Waals surface area (Å²) in [5.41, 5.74) is 5.19. The first-order chi connectivity index (χ1) is 20.7. The zero-order chi connectivity index (χ0) is 29.6. The minimum Gasteiger partial charge on any atom is -0.494 e. The lowest BCUT2D eigenvalue weighted by Gasteiger charge is -2.20. The molecule has 0 aromatic heterocycles. The van der Waals surface area contributed by atoms with Crippen LogP contribution in [0.1, 0.15) is 91.9 Å². The largest absolute Gasteiger partial charge is 0.494 e. The van der Waals surface area contributed by atoms with E-state index in [1.807, 2.05) is 0 Å². The predicted octanol–water partition coefficient (Wildman–Crippen LogP) is 9.83.